The van der Waals surface area contributed by atoms with Gasteiger partial charge in [0, 0.05) is 11.1 Å². The third-order valence-electron chi connectivity index (χ3n) is 5.88. The molecule has 0 atom stereocenters. The fraction of sp³-hybridized carbons (Fsp3) is 0.250. The quantitative estimate of drug-likeness (QED) is 0.182. The minimum atomic E-state index is -0.478. The number of hydrogen-bond acceptors (Lipinski definition) is 11. The van der Waals surface area contributed by atoms with E-state index in [2.05, 4.69) is 10.1 Å². The highest BCUT2D eigenvalue weighted by atomic mass is 32.1. The first kappa shape index (κ1) is 28.3. The van der Waals surface area contributed by atoms with Gasteiger partial charge in [-0.1, -0.05) is 11.3 Å². The minimum Gasteiger partial charge on any atom is -0.497 e. The van der Waals surface area contributed by atoms with Crippen molar-refractivity contribution in [3.63, 3.8) is 0 Å². The summed E-state index contributed by atoms with van der Waals surface area (Å²) < 4.78 is 38.8. The average Bonchev–Trinajstić information content (AvgIpc) is 3.42. The van der Waals surface area contributed by atoms with Gasteiger partial charge in [-0.25, -0.2) is 4.98 Å². The Kier molecular flexibility index (Phi) is 8.80. The highest BCUT2D eigenvalue weighted by Crippen LogP contribution is 2.40. The van der Waals surface area contributed by atoms with Gasteiger partial charge in [0.2, 0.25) is 16.6 Å². The first-order chi connectivity index (χ1) is 19.4. The lowest BCUT2D eigenvalue weighted by molar-refractivity contribution is 0.0987. The van der Waals surface area contributed by atoms with Crippen LogP contribution in [0.15, 0.2) is 47.6 Å². The molecule has 210 valence electrons. The van der Waals surface area contributed by atoms with E-state index >= 15 is 0 Å². The lowest BCUT2D eigenvalue weighted by Gasteiger charge is -2.17. The Labute approximate surface area is 235 Å². The number of anilines is 1. The summed E-state index contributed by atoms with van der Waals surface area (Å²) in [7, 11) is 10.6. The number of methoxy groups -OCH3 is 7. The van der Waals surface area contributed by atoms with Crippen LogP contribution in [0.5, 0.6) is 40.2 Å². The number of carbonyl (C=O) groups excluding carboxylic acids is 1. The Balaban J connectivity index is 1.85. The Bertz CT molecular complexity index is 1500. The Morgan fingerprint density at radius 3 is 1.80 bits per heavy atom. The zero-order chi connectivity index (χ0) is 28.8. The lowest BCUT2D eigenvalue weighted by Crippen LogP contribution is -2.25. The van der Waals surface area contributed by atoms with Crippen molar-refractivity contribution in [1.82, 2.24) is 4.98 Å². The SMILES string of the molecule is COc1ccc2nc(N(/N=C/c3cc(OC)c(OC)c(OC)c3)C(=O)c3cc(OC)c(OC)c(OC)c3)sc2c1. The molecule has 0 saturated carbocycles. The van der Waals surface area contributed by atoms with E-state index in [0.717, 1.165) is 4.70 Å². The molecule has 0 aliphatic carbocycles. The second kappa shape index (κ2) is 12.4. The fourth-order valence-corrected chi connectivity index (χ4v) is 4.88. The topological polar surface area (TPSA) is 110 Å². The number of hydrogen-bond donors (Lipinski definition) is 0. The number of nitrogens with zero attached hydrogens (tertiary/aromatic N) is 3. The second-order valence-corrected chi connectivity index (χ2v) is 9.07. The Morgan fingerprint density at radius 2 is 1.30 bits per heavy atom. The molecule has 0 spiro atoms. The molecular formula is C28H29N3O8S. The fourth-order valence-electron chi connectivity index (χ4n) is 3.93. The van der Waals surface area contributed by atoms with Crippen molar-refractivity contribution in [1.29, 1.82) is 0 Å². The molecule has 0 bridgehead atoms. The van der Waals surface area contributed by atoms with E-state index in [1.54, 1.807) is 37.4 Å². The number of fused-ring (bicyclic) bond motifs is 1. The number of rotatable bonds is 11. The van der Waals surface area contributed by atoms with Gasteiger partial charge in [0.1, 0.15) is 5.75 Å². The molecule has 0 aliphatic heterocycles. The van der Waals surface area contributed by atoms with Crippen molar-refractivity contribution in [3.8, 4) is 40.2 Å². The van der Waals surface area contributed by atoms with Crippen LogP contribution in [-0.4, -0.2) is 66.9 Å². The van der Waals surface area contributed by atoms with Crippen molar-refractivity contribution in [2.75, 3.05) is 54.8 Å². The molecule has 0 radical (unpaired) electrons. The molecule has 0 aliphatic rings. The average molecular weight is 568 g/mol. The summed E-state index contributed by atoms with van der Waals surface area (Å²) in [5.74, 6) is 2.53. The maximum Gasteiger partial charge on any atom is 0.281 e. The zero-order valence-corrected chi connectivity index (χ0v) is 24.0. The van der Waals surface area contributed by atoms with Crippen LogP contribution < -0.4 is 38.2 Å². The van der Waals surface area contributed by atoms with Crippen LogP contribution in [0.2, 0.25) is 0 Å². The minimum absolute atomic E-state index is 0.244. The number of ether oxygens (including phenoxy) is 7. The van der Waals surface area contributed by atoms with E-state index in [0.29, 0.717) is 56.5 Å². The molecule has 12 heteroatoms. The monoisotopic (exact) mass is 567 g/mol. The summed E-state index contributed by atoms with van der Waals surface area (Å²) in [5.41, 5.74) is 1.53. The molecule has 0 unspecified atom stereocenters. The van der Waals surface area contributed by atoms with Gasteiger partial charge in [0.05, 0.1) is 66.2 Å². The molecular weight excluding hydrogens is 538 g/mol. The zero-order valence-electron chi connectivity index (χ0n) is 23.1. The summed E-state index contributed by atoms with van der Waals surface area (Å²) in [4.78, 5) is 18.6. The lowest BCUT2D eigenvalue weighted by atomic mass is 10.1. The smallest absolute Gasteiger partial charge is 0.281 e. The third-order valence-corrected chi connectivity index (χ3v) is 6.87. The predicted molar refractivity (Wildman–Crippen MR) is 153 cm³/mol. The van der Waals surface area contributed by atoms with Crippen LogP contribution in [0.25, 0.3) is 10.2 Å². The molecule has 3 aromatic carbocycles. The Morgan fingerprint density at radius 1 is 0.750 bits per heavy atom. The summed E-state index contributed by atoms with van der Waals surface area (Å²) >= 11 is 1.29. The summed E-state index contributed by atoms with van der Waals surface area (Å²) in [5, 5.41) is 6.10. The van der Waals surface area contributed by atoms with Gasteiger partial charge in [0.25, 0.3) is 5.91 Å². The number of hydrazone groups is 1. The van der Waals surface area contributed by atoms with Gasteiger partial charge in [-0.2, -0.15) is 10.1 Å². The number of aromatic nitrogens is 1. The standard InChI is InChI=1S/C28H29N3O8S/c1-33-18-8-9-19-24(14-18)40-28(30-19)31(27(32)17-12-22(36-4)26(39-7)23(13-17)37-5)29-15-16-10-20(34-2)25(38-6)21(11-16)35-3/h8-15H,1-7H3/b29-15+. The van der Waals surface area contributed by atoms with Gasteiger partial charge in [-0.15, -0.1) is 0 Å². The van der Waals surface area contributed by atoms with Gasteiger partial charge in [-0.3, -0.25) is 4.79 Å². The van der Waals surface area contributed by atoms with Crippen molar-refractivity contribution in [3.05, 3.63) is 53.6 Å². The van der Waals surface area contributed by atoms with E-state index < -0.39 is 5.91 Å². The number of carbonyl (C=O) groups is 1. The summed E-state index contributed by atoms with van der Waals surface area (Å²) in [6.45, 7) is 0. The van der Waals surface area contributed by atoms with Crippen LogP contribution in [0.1, 0.15) is 15.9 Å². The maximum atomic E-state index is 14.0. The van der Waals surface area contributed by atoms with Crippen LogP contribution >= 0.6 is 11.3 Å². The maximum absolute atomic E-state index is 14.0. The molecule has 1 amide bonds. The normalized spacial score (nSPS) is 10.9. The van der Waals surface area contributed by atoms with Gasteiger partial charge >= 0.3 is 0 Å². The largest absolute Gasteiger partial charge is 0.497 e. The summed E-state index contributed by atoms with van der Waals surface area (Å²) in [6, 6.07) is 12.0. The van der Waals surface area contributed by atoms with Crippen molar-refractivity contribution in [2.24, 2.45) is 5.10 Å². The first-order valence-corrected chi connectivity index (χ1v) is 12.7. The van der Waals surface area contributed by atoms with Gasteiger partial charge < -0.3 is 33.2 Å². The van der Waals surface area contributed by atoms with Crippen molar-refractivity contribution in [2.45, 2.75) is 0 Å². The van der Waals surface area contributed by atoms with Crippen LogP contribution in [0.4, 0.5) is 5.13 Å². The highest BCUT2D eigenvalue weighted by Gasteiger charge is 2.25. The molecule has 1 aromatic heterocycles. The molecule has 11 nitrogen and oxygen atoms in total. The summed E-state index contributed by atoms with van der Waals surface area (Å²) in [6.07, 6.45) is 1.51. The molecule has 0 fully saturated rings. The van der Waals surface area contributed by atoms with Crippen molar-refractivity contribution < 1.29 is 38.0 Å². The van der Waals surface area contributed by atoms with E-state index in [1.165, 1.54) is 65.2 Å². The van der Waals surface area contributed by atoms with E-state index in [1.807, 2.05) is 12.1 Å². The third kappa shape index (κ3) is 5.52. The number of amides is 1. The highest BCUT2D eigenvalue weighted by molar-refractivity contribution is 7.22. The molecule has 0 N–H and O–H groups in total. The number of benzene rings is 3. The Hall–Kier alpha value is -4.71. The van der Waals surface area contributed by atoms with E-state index in [4.69, 9.17) is 33.2 Å². The predicted octanol–water partition coefficient (Wildman–Crippen LogP) is 5.04. The van der Waals surface area contributed by atoms with Gasteiger partial charge in [-0.05, 0) is 42.5 Å². The van der Waals surface area contributed by atoms with Gasteiger partial charge in [0.15, 0.2) is 23.0 Å². The molecule has 0 saturated heterocycles. The van der Waals surface area contributed by atoms with Crippen LogP contribution in [-0.2, 0) is 0 Å². The molecule has 4 aromatic rings. The van der Waals surface area contributed by atoms with E-state index in [-0.39, 0.29) is 5.56 Å². The second-order valence-electron chi connectivity index (χ2n) is 8.06. The molecule has 40 heavy (non-hydrogen) atoms. The van der Waals surface area contributed by atoms with Crippen LogP contribution in [0, 0.1) is 0 Å². The van der Waals surface area contributed by atoms with Crippen LogP contribution in [0.3, 0.4) is 0 Å². The molecule has 4 rings (SSSR count). The molecule has 1 heterocycles. The van der Waals surface area contributed by atoms with Crippen molar-refractivity contribution >= 4 is 38.8 Å². The van der Waals surface area contributed by atoms with E-state index in [9.17, 15) is 4.79 Å². The number of thiazole rings is 1. The first-order valence-electron chi connectivity index (χ1n) is 11.8.